The number of carbonyl (C=O) groups is 1. The monoisotopic (exact) mass is 473 g/mol. The lowest BCUT2D eigenvalue weighted by Crippen LogP contribution is -2.62. The van der Waals surface area contributed by atoms with Crippen molar-refractivity contribution < 1.29 is 23.8 Å². The maximum absolute atomic E-state index is 13.7. The second-order valence-corrected chi connectivity index (χ2v) is 9.96. The predicted octanol–water partition coefficient (Wildman–Crippen LogP) is 5.13. The molecule has 0 saturated carbocycles. The van der Waals surface area contributed by atoms with E-state index in [1.54, 1.807) is 17.9 Å². The molecule has 2 aliphatic heterocycles. The fourth-order valence-electron chi connectivity index (χ4n) is 6.31. The van der Waals surface area contributed by atoms with Crippen LogP contribution in [0.25, 0.3) is 11.1 Å². The summed E-state index contributed by atoms with van der Waals surface area (Å²) in [6, 6.07) is 20.4. The van der Waals surface area contributed by atoms with Gasteiger partial charge in [-0.3, -0.25) is 4.90 Å². The van der Waals surface area contributed by atoms with Crippen LogP contribution in [0.2, 0.25) is 0 Å². The largest absolute Gasteiger partial charge is 0.448 e. The maximum Gasteiger partial charge on any atom is 0.410 e. The fourth-order valence-corrected chi connectivity index (χ4v) is 6.31. The van der Waals surface area contributed by atoms with Gasteiger partial charge in [-0.2, -0.15) is 0 Å². The molecule has 5 nitrogen and oxygen atoms in total. The molecule has 6 rings (SSSR count). The number of hydrogen-bond donors (Lipinski definition) is 1. The molecular formula is C29H28FNO4. The lowest BCUT2D eigenvalue weighted by Gasteiger charge is -2.51. The average Bonchev–Trinajstić information content (AvgIpc) is 3.15. The smallest absolute Gasteiger partial charge is 0.410 e. The van der Waals surface area contributed by atoms with E-state index in [2.05, 4.69) is 24.3 Å². The van der Waals surface area contributed by atoms with Crippen LogP contribution in [0.5, 0.6) is 0 Å². The Morgan fingerprint density at radius 2 is 1.63 bits per heavy atom. The molecule has 2 atom stereocenters. The number of halogens is 1. The van der Waals surface area contributed by atoms with Gasteiger partial charge >= 0.3 is 6.09 Å². The van der Waals surface area contributed by atoms with Gasteiger partial charge in [0, 0.05) is 18.8 Å². The number of benzene rings is 3. The second kappa shape index (κ2) is 8.47. The van der Waals surface area contributed by atoms with Crippen LogP contribution in [0.1, 0.15) is 41.0 Å². The Labute approximate surface area is 204 Å². The van der Waals surface area contributed by atoms with Crippen molar-refractivity contribution in [1.82, 2.24) is 4.90 Å². The van der Waals surface area contributed by atoms with E-state index >= 15 is 0 Å². The highest BCUT2D eigenvalue weighted by Gasteiger charge is 2.50. The number of carbonyl (C=O) groups excluding carboxylic acids is 1. The summed E-state index contributed by atoms with van der Waals surface area (Å²) in [6.45, 7) is 2.73. The molecule has 2 bridgehead atoms. The second-order valence-electron chi connectivity index (χ2n) is 9.96. The summed E-state index contributed by atoms with van der Waals surface area (Å²) in [7, 11) is 0. The number of aryl methyl sites for hydroxylation is 1. The van der Waals surface area contributed by atoms with Crippen LogP contribution in [0.4, 0.5) is 9.18 Å². The topological polar surface area (TPSA) is 59.0 Å². The predicted molar refractivity (Wildman–Crippen MR) is 130 cm³/mol. The third kappa shape index (κ3) is 3.72. The van der Waals surface area contributed by atoms with Gasteiger partial charge in [-0.25, -0.2) is 9.18 Å². The molecule has 0 radical (unpaired) electrons. The number of amides is 1. The van der Waals surface area contributed by atoms with Crippen molar-refractivity contribution in [3.8, 4) is 11.1 Å². The van der Waals surface area contributed by atoms with E-state index in [0.29, 0.717) is 37.2 Å². The first-order valence-electron chi connectivity index (χ1n) is 12.1. The quantitative estimate of drug-likeness (QED) is 0.573. The molecule has 1 amide bonds. The number of ether oxygens (including phenoxy) is 2. The summed E-state index contributed by atoms with van der Waals surface area (Å²) in [5, 5.41) is 11.6. The van der Waals surface area contributed by atoms with E-state index in [9.17, 15) is 14.3 Å². The Balaban J connectivity index is 1.21. The maximum atomic E-state index is 13.7. The molecule has 3 aliphatic rings. The molecule has 6 heteroatoms. The zero-order valence-corrected chi connectivity index (χ0v) is 19.6. The van der Waals surface area contributed by atoms with Crippen LogP contribution >= 0.6 is 0 Å². The van der Waals surface area contributed by atoms with Crippen molar-refractivity contribution in [3.63, 3.8) is 0 Å². The van der Waals surface area contributed by atoms with Crippen molar-refractivity contribution in [3.05, 3.63) is 94.8 Å². The van der Waals surface area contributed by atoms with Crippen LogP contribution in [0, 0.1) is 12.7 Å². The average molecular weight is 474 g/mol. The van der Waals surface area contributed by atoms with E-state index in [1.165, 1.54) is 34.4 Å². The molecule has 3 aromatic rings. The summed E-state index contributed by atoms with van der Waals surface area (Å²) in [5.74, 6) is -0.333. The highest BCUT2D eigenvalue weighted by Crippen LogP contribution is 2.45. The number of aliphatic hydroxyl groups is 1. The van der Waals surface area contributed by atoms with Crippen molar-refractivity contribution in [2.24, 2.45) is 0 Å². The van der Waals surface area contributed by atoms with Gasteiger partial charge in [0.2, 0.25) is 0 Å². The van der Waals surface area contributed by atoms with E-state index in [4.69, 9.17) is 9.47 Å². The van der Waals surface area contributed by atoms with E-state index in [0.717, 1.165) is 0 Å². The van der Waals surface area contributed by atoms with Gasteiger partial charge in [-0.15, -0.1) is 0 Å². The molecule has 0 aromatic heterocycles. The Morgan fingerprint density at radius 1 is 1.03 bits per heavy atom. The molecule has 3 aromatic carbocycles. The molecular weight excluding hydrogens is 445 g/mol. The number of nitrogens with zero attached hydrogens (tertiary/aromatic N) is 1. The summed E-state index contributed by atoms with van der Waals surface area (Å²) < 4.78 is 25.3. The summed E-state index contributed by atoms with van der Waals surface area (Å²) >= 11 is 0. The molecule has 2 heterocycles. The molecule has 1 N–H and O–H groups in total. The summed E-state index contributed by atoms with van der Waals surface area (Å²) in [4.78, 5) is 15.1. The van der Waals surface area contributed by atoms with E-state index in [1.807, 2.05) is 24.3 Å². The standard InChI is InChI=1S/C29H28FNO4/c1-18-12-19(30)10-11-27(18)29(33)13-20-15-34-16-21(14-29)31(20)28(32)35-17-26-24-8-4-2-6-22(24)23-7-3-5-9-25(23)26/h2-12,20-21,26,33H,13-17H2,1H3. The van der Waals surface area contributed by atoms with Crippen LogP contribution in [0.3, 0.4) is 0 Å². The third-order valence-corrected chi connectivity index (χ3v) is 7.79. The van der Waals surface area contributed by atoms with Gasteiger partial charge in [0.25, 0.3) is 0 Å². The fraction of sp³-hybridized carbons (Fsp3) is 0.345. The first-order chi connectivity index (χ1) is 16.9. The van der Waals surface area contributed by atoms with Crippen molar-refractivity contribution in [1.29, 1.82) is 0 Å². The Kier molecular flexibility index (Phi) is 5.38. The summed E-state index contributed by atoms with van der Waals surface area (Å²) in [6.07, 6.45) is 0.267. The number of morpholine rings is 1. The highest BCUT2D eigenvalue weighted by atomic mass is 19.1. The van der Waals surface area contributed by atoms with Gasteiger partial charge in [-0.05, 0) is 52.4 Å². The molecule has 180 valence electrons. The van der Waals surface area contributed by atoms with Crippen molar-refractivity contribution in [2.75, 3.05) is 19.8 Å². The van der Waals surface area contributed by atoms with E-state index in [-0.39, 0.29) is 36.5 Å². The molecule has 2 saturated heterocycles. The highest BCUT2D eigenvalue weighted by molar-refractivity contribution is 5.79. The molecule has 0 spiro atoms. The van der Waals surface area contributed by atoms with Crippen LogP contribution in [0.15, 0.2) is 66.7 Å². The number of rotatable bonds is 3. The normalized spacial score (nSPS) is 25.2. The number of fused-ring (bicyclic) bond motifs is 5. The zero-order chi connectivity index (χ0) is 24.2. The number of piperidine rings is 1. The van der Waals surface area contributed by atoms with Crippen LogP contribution in [-0.4, -0.2) is 48.0 Å². The minimum Gasteiger partial charge on any atom is -0.448 e. The Hall–Kier alpha value is -3.22. The number of hydrogen-bond acceptors (Lipinski definition) is 4. The van der Waals surface area contributed by atoms with Crippen molar-refractivity contribution >= 4 is 6.09 Å². The SMILES string of the molecule is Cc1cc(F)ccc1C1(O)CC2COCC(C1)N2C(=O)OCC1c2ccccc2-c2ccccc21. The van der Waals surface area contributed by atoms with E-state index < -0.39 is 5.60 Å². The Bertz CT molecular complexity index is 1230. The first kappa shape index (κ1) is 22.3. The molecule has 1 aliphatic carbocycles. The van der Waals surface area contributed by atoms with Crippen molar-refractivity contribution in [2.45, 2.75) is 43.4 Å². The molecule has 2 fully saturated rings. The lowest BCUT2D eigenvalue weighted by molar-refractivity contribution is -0.136. The van der Waals surface area contributed by atoms with Gasteiger partial charge in [0.1, 0.15) is 12.4 Å². The lowest BCUT2D eigenvalue weighted by atomic mass is 9.75. The van der Waals surface area contributed by atoms with Crippen LogP contribution in [-0.2, 0) is 15.1 Å². The summed E-state index contributed by atoms with van der Waals surface area (Å²) in [5.41, 5.74) is 5.00. The molecule has 2 unspecified atom stereocenters. The first-order valence-corrected chi connectivity index (χ1v) is 12.1. The molecule has 35 heavy (non-hydrogen) atoms. The third-order valence-electron chi connectivity index (χ3n) is 7.79. The van der Waals surface area contributed by atoms with Gasteiger partial charge < -0.3 is 14.6 Å². The van der Waals surface area contributed by atoms with Crippen LogP contribution < -0.4 is 0 Å². The minimum atomic E-state index is -1.14. The van der Waals surface area contributed by atoms with Gasteiger partial charge in [0.05, 0.1) is 30.9 Å². The van der Waals surface area contributed by atoms with Gasteiger partial charge in [-0.1, -0.05) is 54.6 Å². The van der Waals surface area contributed by atoms with Gasteiger partial charge in [0.15, 0.2) is 0 Å². The minimum absolute atomic E-state index is 0.00831. The Morgan fingerprint density at radius 3 is 2.23 bits per heavy atom. The zero-order valence-electron chi connectivity index (χ0n) is 19.6.